The van der Waals surface area contributed by atoms with Gasteiger partial charge >= 0.3 is 5.97 Å². The fourth-order valence-corrected chi connectivity index (χ4v) is 11.4. The number of nitrogens with one attached hydrogen (secondary N) is 1. The van der Waals surface area contributed by atoms with Crippen molar-refractivity contribution in [3.63, 3.8) is 0 Å². The third-order valence-corrected chi connectivity index (χ3v) is 16.9. The van der Waals surface area contributed by atoms with Crippen LogP contribution in [0.3, 0.4) is 0 Å². The van der Waals surface area contributed by atoms with Crippen molar-refractivity contribution < 1.29 is 24.5 Å². The fraction of sp³-hybridized carbons (Fsp3) is 0.892. The molecule has 0 saturated heterocycles. The Kier molecular flexibility index (Phi) is 67.9. The molecule has 0 aliphatic heterocycles. The van der Waals surface area contributed by atoms with E-state index in [-0.39, 0.29) is 18.5 Å². The summed E-state index contributed by atoms with van der Waals surface area (Å²) in [6, 6.07) is -0.540. The number of hydrogen-bond donors (Lipinski definition) is 3. The molecule has 6 heteroatoms. The molecule has 3 N–H and O–H groups in total. The Morgan fingerprint density at radius 1 is 0.350 bits per heavy atom. The van der Waals surface area contributed by atoms with Gasteiger partial charge in [0.05, 0.1) is 25.4 Å². The number of aliphatic hydroxyl groups is 2. The summed E-state index contributed by atoms with van der Waals surface area (Å²) in [6.45, 7) is 4.96. The number of rotatable bonds is 68. The lowest BCUT2D eigenvalue weighted by Gasteiger charge is -2.22. The van der Waals surface area contributed by atoms with E-state index in [0.29, 0.717) is 25.9 Å². The molecule has 0 aromatic rings. The number of ether oxygens (including phenoxy) is 1. The second-order valence-corrected chi connectivity index (χ2v) is 24.9. The summed E-state index contributed by atoms with van der Waals surface area (Å²) >= 11 is 0. The smallest absolute Gasteiger partial charge is 0.305 e. The van der Waals surface area contributed by atoms with Crippen molar-refractivity contribution in [2.45, 2.75) is 411 Å². The van der Waals surface area contributed by atoms with Gasteiger partial charge in [-0.2, -0.15) is 0 Å². The molecule has 0 aliphatic carbocycles. The molecule has 0 spiro atoms. The van der Waals surface area contributed by atoms with Gasteiger partial charge in [0.15, 0.2) is 0 Å². The van der Waals surface area contributed by atoms with E-state index in [9.17, 15) is 19.8 Å². The maximum Gasteiger partial charge on any atom is 0.305 e. The van der Waals surface area contributed by atoms with Gasteiger partial charge < -0.3 is 20.3 Å². The van der Waals surface area contributed by atoms with Gasteiger partial charge in [0, 0.05) is 12.8 Å². The Balaban J connectivity index is 3.35. The minimum Gasteiger partial charge on any atom is -0.466 e. The van der Waals surface area contributed by atoms with Gasteiger partial charge in [-0.05, 0) is 83.5 Å². The molecule has 6 nitrogen and oxygen atoms in total. The molecule has 0 saturated carbocycles. The van der Waals surface area contributed by atoms with Crippen LogP contribution in [0, 0.1) is 0 Å². The monoisotopic (exact) mass is 1120 g/mol. The van der Waals surface area contributed by atoms with E-state index < -0.39 is 12.1 Å². The van der Waals surface area contributed by atoms with E-state index in [1.54, 1.807) is 0 Å². The van der Waals surface area contributed by atoms with Crippen molar-refractivity contribution in [3.05, 3.63) is 36.5 Å². The van der Waals surface area contributed by atoms with Crippen LogP contribution < -0.4 is 5.32 Å². The van der Waals surface area contributed by atoms with Crippen molar-refractivity contribution in [2.24, 2.45) is 0 Å². The fourth-order valence-electron chi connectivity index (χ4n) is 11.4. The second-order valence-electron chi connectivity index (χ2n) is 24.9. The van der Waals surface area contributed by atoms with Crippen molar-refractivity contribution >= 4 is 11.9 Å². The zero-order valence-corrected chi connectivity index (χ0v) is 54.1. The standard InChI is InChI=1S/C74H141NO5/c1-3-5-7-9-11-13-15-17-19-35-40-44-48-52-56-60-64-68-74(79)80-69-65-61-57-53-49-45-41-37-34-32-30-28-26-24-22-20-21-23-25-27-29-31-33-36-39-43-47-51-55-59-63-67-73(78)75-71(70-76)72(77)66-62-58-54-50-46-42-38-18-16-14-12-10-8-6-4-2/h11,13,17,19,22,24,71-72,76-77H,3-10,12,14-16,18,20-21,23,25-70H2,1-2H3,(H,75,78)/b13-11-,19-17-,24-22-. The molecule has 472 valence electrons. The quantitative estimate of drug-likeness (QED) is 0.0320. The van der Waals surface area contributed by atoms with Gasteiger partial charge in [-0.1, -0.05) is 339 Å². The molecule has 2 unspecified atom stereocenters. The van der Waals surface area contributed by atoms with Crippen LogP contribution in [-0.2, 0) is 14.3 Å². The highest BCUT2D eigenvalue weighted by molar-refractivity contribution is 5.76. The third-order valence-electron chi connectivity index (χ3n) is 16.9. The first-order valence-electron chi connectivity index (χ1n) is 36.2. The van der Waals surface area contributed by atoms with Crippen LogP contribution in [0.2, 0.25) is 0 Å². The minimum absolute atomic E-state index is 0.0103. The number of aliphatic hydroxyl groups excluding tert-OH is 2. The van der Waals surface area contributed by atoms with E-state index in [1.807, 2.05) is 0 Å². The summed E-state index contributed by atoms with van der Waals surface area (Å²) in [5.74, 6) is -0.0199. The summed E-state index contributed by atoms with van der Waals surface area (Å²) in [5, 5.41) is 23.3. The zero-order chi connectivity index (χ0) is 57.8. The predicted octanol–water partition coefficient (Wildman–Crippen LogP) is 23.5. The molecule has 0 radical (unpaired) electrons. The Hall–Kier alpha value is -1.92. The maximum absolute atomic E-state index is 12.5. The van der Waals surface area contributed by atoms with Crippen LogP contribution in [0.1, 0.15) is 399 Å². The SMILES string of the molecule is CCCCC/C=C\C/C=C\CCCCCCCCCC(=O)OCCCCCCCCCCCCCC/C=C\CCCCCCCCCCCCCCCCCC(=O)NC(CO)C(O)CCCCCCCCCCCCCCCCC. The van der Waals surface area contributed by atoms with Gasteiger partial charge in [-0.25, -0.2) is 0 Å². The van der Waals surface area contributed by atoms with E-state index >= 15 is 0 Å². The largest absolute Gasteiger partial charge is 0.466 e. The highest BCUT2D eigenvalue weighted by Crippen LogP contribution is 2.19. The Morgan fingerprint density at radius 3 is 0.988 bits per heavy atom. The summed E-state index contributed by atoms with van der Waals surface area (Å²) in [7, 11) is 0. The normalized spacial score (nSPS) is 12.7. The minimum atomic E-state index is -0.663. The first kappa shape index (κ1) is 78.1. The molecule has 1 amide bonds. The van der Waals surface area contributed by atoms with Crippen LogP contribution in [-0.4, -0.2) is 47.4 Å². The molecular formula is C74H141NO5. The Morgan fingerprint density at radius 2 is 0.625 bits per heavy atom. The summed E-state index contributed by atoms with van der Waals surface area (Å²) in [4.78, 5) is 24.6. The van der Waals surface area contributed by atoms with Crippen molar-refractivity contribution in [1.82, 2.24) is 5.32 Å². The first-order chi connectivity index (χ1) is 39.5. The zero-order valence-electron chi connectivity index (χ0n) is 54.1. The van der Waals surface area contributed by atoms with Gasteiger partial charge in [0.1, 0.15) is 0 Å². The molecule has 0 heterocycles. The first-order valence-corrected chi connectivity index (χ1v) is 36.2. The summed E-state index contributed by atoms with van der Waals surface area (Å²) in [5.41, 5.74) is 0. The van der Waals surface area contributed by atoms with Crippen LogP contribution in [0.25, 0.3) is 0 Å². The average molecular weight is 1120 g/mol. The lowest BCUT2D eigenvalue weighted by Crippen LogP contribution is -2.45. The molecule has 0 aromatic heterocycles. The predicted molar refractivity (Wildman–Crippen MR) is 352 cm³/mol. The van der Waals surface area contributed by atoms with Gasteiger partial charge in [-0.3, -0.25) is 9.59 Å². The van der Waals surface area contributed by atoms with Crippen LogP contribution in [0.5, 0.6) is 0 Å². The molecule has 0 rings (SSSR count). The van der Waals surface area contributed by atoms with Crippen molar-refractivity contribution in [2.75, 3.05) is 13.2 Å². The Labute approximate surface area is 500 Å². The lowest BCUT2D eigenvalue weighted by molar-refractivity contribution is -0.143. The number of allylic oxidation sites excluding steroid dienone is 6. The number of carbonyl (C=O) groups excluding carboxylic acids is 2. The van der Waals surface area contributed by atoms with E-state index in [1.165, 1.54) is 315 Å². The molecule has 0 aromatic carbocycles. The molecule has 0 bridgehead atoms. The van der Waals surface area contributed by atoms with Crippen molar-refractivity contribution in [1.29, 1.82) is 0 Å². The summed E-state index contributed by atoms with van der Waals surface area (Å²) < 4.78 is 5.50. The van der Waals surface area contributed by atoms with Crippen LogP contribution in [0.15, 0.2) is 36.5 Å². The van der Waals surface area contributed by atoms with Crippen molar-refractivity contribution in [3.8, 4) is 0 Å². The molecular weight excluding hydrogens is 983 g/mol. The average Bonchev–Trinajstić information content (AvgIpc) is 3.46. The maximum atomic E-state index is 12.5. The lowest BCUT2D eigenvalue weighted by atomic mass is 10.0. The van der Waals surface area contributed by atoms with Gasteiger partial charge in [0.25, 0.3) is 0 Å². The van der Waals surface area contributed by atoms with Gasteiger partial charge in [0.2, 0.25) is 5.91 Å². The number of esters is 1. The third kappa shape index (κ3) is 65.2. The topological polar surface area (TPSA) is 95.9 Å². The number of amides is 1. The number of carbonyl (C=O) groups is 2. The molecule has 80 heavy (non-hydrogen) atoms. The van der Waals surface area contributed by atoms with Crippen LogP contribution >= 0.6 is 0 Å². The molecule has 0 aliphatic rings. The van der Waals surface area contributed by atoms with Crippen LogP contribution in [0.4, 0.5) is 0 Å². The van der Waals surface area contributed by atoms with E-state index in [0.717, 1.165) is 51.4 Å². The number of unbranched alkanes of at least 4 members (excludes halogenated alkanes) is 51. The molecule has 2 atom stereocenters. The van der Waals surface area contributed by atoms with Gasteiger partial charge in [-0.15, -0.1) is 0 Å². The molecule has 0 fully saturated rings. The number of hydrogen-bond acceptors (Lipinski definition) is 5. The highest BCUT2D eigenvalue weighted by atomic mass is 16.5. The van der Waals surface area contributed by atoms with E-state index in [4.69, 9.17) is 4.74 Å². The second kappa shape index (κ2) is 69.6. The van der Waals surface area contributed by atoms with E-state index in [2.05, 4.69) is 55.6 Å². The summed E-state index contributed by atoms with van der Waals surface area (Å²) in [6.07, 6.45) is 89.2. The highest BCUT2D eigenvalue weighted by Gasteiger charge is 2.20. The Bertz CT molecular complexity index is 1300.